The second-order valence-corrected chi connectivity index (χ2v) is 10.1. The minimum absolute atomic E-state index is 0.114. The van der Waals surface area contributed by atoms with Crippen molar-refractivity contribution in [2.45, 2.75) is 46.4 Å². The average molecular weight is 542 g/mol. The Morgan fingerprint density at radius 1 is 0.950 bits per heavy atom. The van der Waals surface area contributed by atoms with Gasteiger partial charge in [0.1, 0.15) is 18.2 Å². The second kappa shape index (κ2) is 13.7. The lowest BCUT2D eigenvalue weighted by Gasteiger charge is -2.30. The molecule has 2 N–H and O–H groups in total. The molecule has 1 heterocycles. The largest absolute Gasteiger partial charge is 0.488 e. The molecule has 0 saturated carbocycles. The molecule has 0 spiro atoms. The lowest BCUT2D eigenvalue weighted by molar-refractivity contribution is 0.0939. The van der Waals surface area contributed by atoms with E-state index in [0.717, 1.165) is 17.8 Å². The van der Waals surface area contributed by atoms with E-state index in [-0.39, 0.29) is 11.7 Å². The van der Waals surface area contributed by atoms with Crippen LogP contribution in [0, 0.1) is 5.82 Å². The number of anilines is 2. The van der Waals surface area contributed by atoms with Crippen LogP contribution in [-0.2, 0) is 6.61 Å². The number of ether oxygens (including phenoxy) is 1. The van der Waals surface area contributed by atoms with Crippen LogP contribution in [0.5, 0.6) is 5.75 Å². The van der Waals surface area contributed by atoms with Gasteiger partial charge in [0.25, 0.3) is 5.91 Å². The number of carbonyl (C=O) groups excluding carboxylic acids is 1. The monoisotopic (exact) mass is 541 g/mol. The normalized spacial score (nSPS) is 11.2. The van der Waals surface area contributed by atoms with Gasteiger partial charge in [0.2, 0.25) is 5.95 Å². The van der Waals surface area contributed by atoms with Gasteiger partial charge in [-0.1, -0.05) is 30.3 Å². The van der Waals surface area contributed by atoms with Gasteiger partial charge in [0, 0.05) is 54.3 Å². The Morgan fingerprint density at radius 2 is 1.68 bits per heavy atom. The number of carbonyl (C=O) groups is 1. The standard InChI is InChI=1S/C32H36FN5O2/c1-22(2)38(23(3)4)19-18-34-31(39)25-10-13-27(14-11-25)36-32-35-17-16-29(37-32)28-15-12-26(33)20-30(28)40-21-24-8-6-5-7-9-24/h5-17,20,22-23H,18-19,21H2,1-4H3,(H,34,39)(H,35,36,37). The van der Waals surface area contributed by atoms with Gasteiger partial charge in [-0.05, 0) is 75.7 Å². The number of hydrogen-bond acceptors (Lipinski definition) is 6. The summed E-state index contributed by atoms with van der Waals surface area (Å²) in [6.07, 6.45) is 1.63. The Hall–Kier alpha value is -4.30. The molecule has 0 aliphatic heterocycles. The first-order valence-electron chi connectivity index (χ1n) is 13.5. The molecule has 3 aromatic carbocycles. The van der Waals surface area contributed by atoms with E-state index in [0.29, 0.717) is 53.8 Å². The molecule has 40 heavy (non-hydrogen) atoms. The quantitative estimate of drug-likeness (QED) is 0.215. The van der Waals surface area contributed by atoms with Crippen LogP contribution < -0.4 is 15.4 Å². The Morgan fingerprint density at radius 3 is 2.38 bits per heavy atom. The van der Waals surface area contributed by atoms with E-state index in [1.807, 2.05) is 42.5 Å². The molecule has 4 aromatic rings. The Bertz CT molecular complexity index is 1390. The van der Waals surface area contributed by atoms with Crippen molar-refractivity contribution in [3.8, 4) is 17.0 Å². The fourth-order valence-corrected chi connectivity index (χ4v) is 4.48. The van der Waals surface area contributed by atoms with Gasteiger partial charge in [-0.25, -0.2) is 14.4 Å². The summed E-state index contributed by atoms with van der Waals surface area (Å²) in [7, 11) is 0. The second-order valence-electron chi connectivity index (χ2n) is 10.1. The zero-order valence-electron chi connectivity index (χ0n) is 23.4. The Kier molecular flexibility index (Phi) is 9.81. The highest BCUT2D eigenvalue weighted by Crippen LogP contribution is 2.31. The molecule has 8 heteroatoms. The topological polar surface area (TPSA) is 79.4 Å². The van der Waals surface area contributed by atoms with Crippen LogP contribution in [0.15, 0.2) is 85.1 Å². The fourth-order valence-electron chi connectivity index (χ4n) is 4.48. The third kappa shape index (κ3) is 7.86. The minimum atomic E-state index is -0.388. The third-order valence-corrected chi connectivity index (χ3v) is 6.50. The molecular formula is C32H36FN5O2. The molecule has 0 atom stereocenters. The number of hydrogen-bond donors (Lipinski definition) is 2. The predicted molar refractivity (Wildman–Crippen MR) is 157 cm³/mol. The summed E-state index contributed by atoms with van der Waals surface area (Å²) in [6, 6.07) is 23.8. The van der Waals surface area contributed by atoms with Crippen molar-refractivity contribution in [1.29, 1.82) is 0 Å². The molecule has 0 saturated heterocycles. The number of nitrogens with zero attached hydrogens (tertiary/aromatic N) is 3. The van der Waals surface area contributed by atoms with Crippen molar-refractivity contribution < 1.29 is 13.9 Å². The van der Waals surface area contributed by atoms with Gasteiger partial charge in [-0.2, -0.15) is 0 Å². The molecule has 208 valence electrons. The fraction of sp³-hybridized carbons (Fsp3) is 0.281. The molecule has 0 fully saturated rings. The maximum absolute atomic E-state index is 14.1. The summed E-state index contributed by atoms with van der Waals surface area (Å²) in [5.41, 5.74) is 3.54. The summed E-state index contributed by atoms with van der Waals surface area (Å²) < 4.78 is 20.0. The molecule has 0 aliphatic carbocycles. The van der Waals surface area contributed by atoms with E-state index in [1.165, 1.54) is 12.1 Å². The average Bonchev–Trinajstić information content (AvgIpc) is 2.95. The van der Waals surface area contributed by atoms with Gasteiger partial charge >= 0.3 is 0 Å². The van der Waals surface area contributed by atoms with Crippen molar-refractivity contribution in [3.63, 3.8) is 0 Å². The highest BCUT2D eigenvalue weighted by Gasteiger charge is 2.14. The van der Waals surface area contributed by atoms with Crippen LogP contribution in [0.2, 0.25) is 0 Å². The predicted octanol–water partition coefficient (Wildman–Crippen LogP) is 6.45. The smallest absolute Gasteiger partial charge is 0.251 e. The molecule has 1 aromatic heterocycles. The van der Waals surface area contributed by atoms with Crippen molar-refractivity contribution in [2.24, 2.45) is 0 Å². The number of nitrogens with one attached hydrogen (secondary N) is 2. The van der Waals surface area contributed by atoms with Gasteiger partial charge in [0.15, 0.2) is 0 Å². The maximum Gasteiger partial charge on any atom is 0.251 e. The molecule has 0 bridgehead atoms. The number of rotatable bonds is 12. The van der Waals surface area contributed by atoms with Gasteiger partial charge in [-0.3, -0.25) is 9.69 Å². The highest BCUT2D eigenvalue weighted by atomic mass is 19.1. The lowest BCUT2D eigenvalue weighted by Crippen LogP contribution is -2.42. The number of benzene rings is 3. The number of aromatic nitrogens is 2. The molecule has 0 aliphatic rings. The van der Waals surface area contributed by atoms with Crippen LogP contribution in [0.1, 0.15) is 43.6 Å². The summed E-state index contributed by atoms with van der Waals surface area (Å²) in [5.74, 6) is 0.265. The van der Waals surface area contributed by atoms with Crippen LogP contribution >= 0.6 is 0 Å². The summed E-state index contributed by atoms with van der Waals surface area (Å²) in [5, 5.41) is 6.18. The minimum Gasteiger partial charge on any atom is -0.488 e. The summed E-state index contributed by atoms with van der Waals surface area (Å²) in [4.78, 5) is 23.9. The van der Waals surface area contributed by atoms with E-state index in [4.69, 9.17) is 4.74 Å². The first kappa shape index (κ1) is 28.7. The SMILES string of the molecule is CC(C)N(CCNC(=O)c1ccc(Nc2nccc(-c3ccc(F)cc3OCc3ccccc3)n2)cc1)C(C)C. The Balaban J connectivity index is 1.40. The van der Waals surface area contributed by atoms with Gasteiger partial charge < -0.3 is 15.4 Å². The Labute approximate surface area is 235 Å². The van der Waals surface area contributed by atoms with E-state index in [2.05, 4.69) is 53.2 Å². The lowest BCUT2D eigenvalue weighted by atomic mass is 10.1. The number of halogens is 1. The summed E-state index contributed by atoms with van der Waals surface area (Å²) >= 11 is 0. The summed E-state index contributed by atoms with van der Waals surface area (Å²) in [6.45, 7) is 10.3. The van der Waals surface area contributed by atoms with Crippen LogP contribution in [0.4, 0.5) is 16.0 Å². The number of amides is 1. The van der Waals surface area contributed by atoms with Gasteiger partial charge in [-0.15, -0.1) is 0 Å². The van der Waals surface area contributed by atoms with Gasteiger partial charge in [0.05, 0.1) is 5.69 Å². The van der Waals surface area contributed by atoms with E-state index >= 15 is 0 Å². The third-order valence-electron chi connectivity index (χ3n) is 6.50. The van der Waals surface area contributed by atoms with Crippen molar-refractivity contribution in [1.82, 2.24) is 20.2 Å². The van der Waals surface area contributed by atoms with Crippen LogP contribution in [-0.4, -0.2) is 45.9 Å². The molecular weight excluding hydrogens is 505 g/mol. The highest BCUT2D eigenvalue weighted by molar-refractivity contribution is 5.94. The zero-order chi connectivity index (χ0) is 28.5. The van der Waals surface area contributed by atoms with E-state index in [9.17, 15) is 9.18 Å². The molecule has 0 unspecified atom stereocenters. The van der Waals surface area contributed by atoms with Crippen molar-refractivity contribution >= 4 is 17.5 Å². The van der Waals surface area contributed by atoms with Crippen LogP contribution in [0.3, 0.4) is 0 Å². The van der Waals surface area contributed by atoms with E-state index in [1.54, 1.807) is 30.5 Å². The molecule has 7 nitrogen and oxygen atoms in total. The first-order chi connectivity index (χ1) is 19.3. The molecule has 4 rings (SSSR count). The van der Waals surface area contributed by atoms with Crippen molar-refractivity contribution in [2.75, 3.05) is 18.4 Å². The van der Waals surface area contributed by atoms with E-state index < -0.39 is 0 Å². The maximum atomic E-state index is 14.1. The molecule has 1 amide bonds. The first-order valence-corrected chi connectivity index (χ1v) is 13.5. The van der Waals surface area contributed by atoms with Crippen molar-refractivity contribution in [3.05, 3.63) is 102 Å². The van der Waals surface area contributed by atoms with Crippen LogP contribution in [0.25, 0.3) is 11.3 Å². The zero-order valence-corrected chi connectivity index (χ0v) is 23.4. The molecule has 0 radical (unpaired) electrons.